The van der Waals surface area contributed by atoms with Gasteiger partial charge in [-0.05, 0) is 31.2 Å². The average molecular weight is 379 g/mol. The van der Waals surface area contributed by atoms with Crippen molar-refractivity contribution >= 4 is 5.82 Å². The Bertz CT molecular complexity index is 1070. The van der Waals surface area contributed by atoms with Gasteiger partial charge < -0.3 is 14.0 Å². The van der Waals surface area contributed by atoms with E-state index >= 15 is 0 Å². The van der Waals surface area contributed by atoms with Crippen molar-refractivity contribution < 1.29 is 8.91 Å². The van der Waals surface area contributed by atoms with E-state index in [2.05, 4.69) is 25.3 Å². The summed E-state index contributed by atoms with van der Waals surface area (Å²) in [6.07, 6.45) is 3.36. The van der Waals surface area contributed by atoms with E-state index in [-0.39, 0.29) is 11.7 Å². The molecule has 0 amide bonds. The Morgan fingerprint density at radius 3 is 2.79 bits per heavy atom. The molecule has 0 aliphatic heterocycles. The van der Waals surface area contributed by atoms with Crippen LogP contribution in [0, 0.1) is 5.82 Å². The second kappa shape index (κ2) is 7.55. The molecule has 3 aromatic heterocycles. The summed E-state index contributed by atoms with van der Waals surface area (Å²) in [6.45, 7) is 3.43. The number of aromatic nitrogens is 6. The molecule has 4 rings (SSSR count). The van der Waals surface area contributed by atoms with Gasteiger partial charge in [-0.25, -0.2) is 9.37 Å². The van der Waals surface area contributed by atoms with Crippen molar-refractivity contribution in [3.63, 3.8) is 0 Å². The topological polar surface area (TPSA) is 85.8 Å². The van der Waals surface area contributed by atoms with Crippen molar-refractivity contribution in [2.45, 2.75) is 20.0 Å². The number of anilines is 1. The molecule has 0 saturated carbocycles. The van der Waals surface area contributed by atoms with E-state index in [0.29, 0.717) is 17.7 Å². The molecule has 0 N–H and O–H groups in total. The molecule has 9 heteroatoms. The number of hydrogen-bond donors (Lipinski definition) is 0. The molecule has 0 aliphatic rings. The second-order valence-corrected chi connectivity index (χ2v) is 6.20. The van der Waals surface area contributed by atoms with Crippen LogP contribution in [-0.2, 0) is 13.1 Å². The van der Waals surface area contributed by atoms with Crippen LogP contribution in [-0.4, -0.2) is 36.9 Å². The first-order valence-electron chi connectivity index (χ1n) is 8.78. The maximum Gasteiger partial charge on any atom is 0.259 e. The first-order chi connectivity index (χ1) is 13.7. The lowest BCUT2D eigenvalue weighted by atomic mass is 10.2. The maximum atomic E-state index is 13.9. The SMILES string of the molecule is CCn1cnnc1CN(C)c1ccc(-c2nc(-c3ccccc3F)no2)cn1. The minimum Gasteiger partial charge on any atom is -0.352 e. The molecule has 0 spiro atoms. The molecule has 0 unspecified atom stereocenters. The fraction of sp³-hybridized carbons (Fsp3) is 0.211. The van der Waals surface area contributed by atoms with E-state index in [1.807, 2.05) is 35.6 Å². The van der Waals surface area contributed by atoms with Crippen LogP contribution in [0.25, 0.3) is 22.8 Å². The van der Waals surface area contributed by atoms with Gasteiger partial charge in [-0.1, -0.05) is 17.3 Å². The van der Waals surface area contributed by atoms with E-state index < -0.39 is 5.82 Å². The molecule has 0 bridgehead atoms. The van der Waals surface area contributed by atoms with Crippen LogP contribution < -0.4 is 4.90 Å². The lowest BCUT2D eigenvalue weighted by Crippen LogP contribution is -2.20. The normalized spacial score (nSPS) is 11.0. The van der Waals surface area contributed by atoms with Crippen LogP contribution in [0.1, 0.15) is 12.7 Å². The molecule has 142 valence electrons. The van der Waals surface area contributed by atoms with Crippen molar-refractivity contribution in [3.05, 3.63) is 60.6 Å². The lowest BCUT2D eigenvalue weighted by Gasteiger charge is -2.17. The summed E-state index contributed by atoms with van der Waals surface area (Å²) < 4.78 is 21.1. The van der Waals surface area contributed by atoms with Gasteiger partial charge in [0.1, 0.15) is 18.0 Å². The third kappa shape index (κ3) is 3.46. The van der Waals surface area contributed by atoms with E-state index in [1.54, 1.807) is 30.7 Å². The Labute approximate surface area is 160 Å². The third-order valence-electron chi connectivity index (χ3n) is 4.34. The fourth-order valence-corrected chi connectivity index (χ4v) is 2.79. The zero-order valence-electron chi connectivity index (χ0n) is 15.4. The molecule has 0 saturated heterocycles. The molecule has 0 fully saturated rings. The van der Waals surface area contributed by atoms with Gasteiger partial charge in [0.05, 0.1) is 17.7 Å². The second-order valence-electron chi connectivity index (χ2n) is 6.20. The van der Waals surface area contributed by atoms with E-state index in [9.17, 15) is 4.39 Å². The molecule has 8 nitrogen and oxygen atoms in total. The van der Waals surface area contributed by atoms with Gasteiger partial charge in [0, 0.05) is 19.8 Å². The number of halogens is 1. The molecule has 4 aromatic rings. The van der Waals surface area contributed by atoms with Crippen molar-refractivity contribution in [1.29, 1.82) is 0 Å². The number of pyridine rings is 1. The van der Waals surface area contributed by atoms with E-state index in [4.69, 9.17) is 4.52 Å². The highest BCUT2D eigenvalue weighted by atomic mass is 19.1. The number of nitrogens with zero attached hydrogens (tertiary/aromatic N) is 7. The van der Waals surface area contributed by atoms with Gasteiger partial charge in [-0.3, -0.25) is 0 Å². The molecular weight excluding hydrogens is 361 g/mol. The Balaban J connectivity index is 1.51. The summed E-state index contributed by atoms with van der Waals surface area (Å²) in [5.41, 5.74) is 0.950. The summed E-state index contributed by atoms with van der Waals surface area (Å²) in [6, 6.07) is 9.99. The van der Waals surface area contributed by atoms with Gasteiger partial charge in [-0.2, -0.15) is 4.98 Å². The summed E-state index contributed by atoms with van der Waals surface area (Å²) in [5, 5.41) is 11.9. The summed E-state index contributed by atoms with van der Waals surface area (Å²) in [4.78, 5) is 10.7. The summed E-state index contributed by atoms with van der Waals surface area (Å²) in [7, 11) is 1.93. The highest BCUT2D eigenvalue weighted by Crippen LogP contribution is 2.24. The van der Waals surface area contributed by atoms with Gasteiger partial charge >= 0.3 is 0 Å². The van der Waals surface area contributed by atoms with Crippen LogP contribution in [0.5, 0.6) is 0 Å². The van der Waals surface area contributed by atoms with E-state index in [0.717, 1.165) is 18.2 Å². The predicted octanol–water partition coefficient (Wildman–Crippen LogP) is 3.19. The maximum absolute atomic E-state index is 13.9. The van der Waals surface area contributed by atoms with Gasteiger partial charge in [-0.15, -0.1) is 10.2 Å². The smallest absolute Gasteiger partial charge is 0.259 e. The number of aryl methyl sites for hydroxylation is 1. The number of rotatable bonds is 6. The lowest BCUT2D eigenvalue weighted by molar-refractivity contribution is 0.431. The van der Waals surface area contributed by atoms with Gasteiger partial charge in [0.25, 0.3) is 5.89 Å². The van der Waals surface area contributed by atoms with Crippen LogP contribution in [0.15, 0.2) is 53.4 Å². The molecule has 0 aliphatic carbocycles. The van der Waals surface area contributed by atoms with Crippen molar-refractivity contribution in [1.82, 2.24) is 29.9 Å². The zero-order valence-corrected chi connectivity index (χ0v) is 15.4. The Hall–Kier alpha value is -3.62. The predicted molar refractivity (Wildman–Crippen MR) is 101 cm³/mol. The standard InChI is InChI=1S/C19H18FN7O/c1-3-27-12-22-24-17(27)11-26(2)16-9-8-13(10-21-16)19-23-18(25-28-19)14-6-4-5-7-15(14)20/h4-10,12H,3,11H2,1-2H3. The molecule has 3 heterocycles. The Morgan fingerprint density at radius 1 is 1.18 bits per heavy atom. The summed E-state index contributed by atoms with van der Waals surface area (Å²) >= 11 is 0. The highest BCUT2D eigenvalue weighted by Gasteiger charge is 2.15. The zero-order chi connectivity index (χ0) is 19.5. The third-order valence-corrected chi connectivity index (χ3v) is 4.34. The monoisotopic (exact) mass is 379 g/mol. The number of hydrogen-bond acceptors (Lipinski definition) is 7. The average Bonchev–Trinajstić information content (AvgIpc) is 3.38. The van der Waals surface area contributed by atoms with Crippen LogP contribution >= 0.6 is 0 Å². The largest absolute Gasteiger partial charge is 0.352 e. The minimum atomic E-state index is -0.398. The van der Waals surface area contributed by atoms with Crippen LogP contribution in [0.2, 0.25) is 0 Å². The molecular formula is C19H18FN7O. The molecule has 0 atom stereocenters. The Morgan fingerprint density at radius 2 is 2.04 bits per heavy atom. The molecule has 1 aromatic carbocycles. The molecule has 0 radical (unpaired) electrons. The highest BCUT2D eigenvalue weighted by molar-refractivity contribution is 5.60. The minimum absolute atomic E-state index is 0.202. The Kier molecular flexibility index (Phi) is 4.79. The van der Waals surface area contributed by atoms with Crippen molar-refractivity contribution in [3.8, 4) is 22.8 Å². The van der Waals surface area contributed by atoms with E-state index in [1.165, 1.54) is 6.07 Å². The van der Waals surface area contributed by atoms with Crippen molar-refractivity contribution in [2.75, 3.05) is 11.9 Å². The van der Waals surface area contributed by atoms with Crippen LogP contribution in [0.3, 0.4) is 0 Å². The van der Waals surface area contributed by atoms with Crippen LogP contribution in [0.4, 0.5) is 10.2 Å². The first kappa shape index (κ1) is 17.8. The summed E-state index contributed by atoms with van der Waals surface area (Å²) in [5.74, 6) is 1.72. The molecule has 28 heavy (non-hydrogen) atoms. The van der Waals surface area contributed by atoms with Gasteiger partial charge in [0.15, 0.2) is 5.82 Å². The first-order valence-corrected chi connectivity index (χ1v) is 8.78. The van der Waals surface area contributed by atoms with Gasteiger partial charge in [0.2, 0.25) is 5.82 Å². The fourth-order valence-electron chi connectivity index (χ4n) is 2.79. The quantitative estimate of drug-likeness (QED) is 0.508. The number of benzene rings is 1. The van der Waals surface area contributed by atoms with Crippen molar-refractivity contribution in [2.24, 2.45) is 0 Å².